The number of benzene rings is 1. The first-order valence-corrected chi connectivity index (χ1v) is 5.29. The normalized spacial score (nSPS) is 12.9. The van der Waals surface area contributed by atoms with Crippen LogP contribution in [-0.2, 0) is 0 Å². The van der Waals surface area contributed by atoms with E-state index in [2.05, 4.69) is 22.5 Å². The number of nitrogens with zero attached hydrogens (tertiary/aromatic N) is 2. The fourth-order valence-corrected chi connectivity index (χ4v) is 1.96. The molecule has 0 spiro atoms. The Labute approximate surface area is 93.9 Å². The minimum atomic E-state index is 0.259. The van der Waals surface area contributed by atoms with Crippen LogP contribution in [0.2, 0.25) is 0 Å². The second-order valence-electron chi connectivity index (χ2n) is 3.66. The van der Waals surface area contributed by atoms with Gasteiger partial charge in [0.15, 0.2) is 0 Å². The van der Waals surface area contributed by atoms with Crippen molar-refractivity contribution >= 4 is 28.2 Å². The van der Waals surface area contributed by atoms with Crippen molar-refractivity contribution in [2.24, 2.45) is 5.73 Å². The van der Waals surface area contributed by atoms with E-state index in [1.165, 1.54) is 0 Å². The maximum absolute atomic E-state index is 5.54. The topological polar surface area (TPSA) is 43.8 Å². The zero-order valence-electron chi connectivity index (χ0n) is 8.55. The lowest BCUT2D eigenvalue weighted by molar-refractivity contribution is 0.584. The van der Waals surface area contributed by atoms with Gasteiger partial charge in [0.05, 0.1) is 22.3 Å². The van der Waals surface area contributed by atoms with Gasteiger partial charge >= 0.3 is 0 Å². The van der Waals surface area contributed by atoms with E-state index in [1.54, 1.807) is 0 Å². The molecule has 0 saturated carbocycles. The summed E-state index contributed by atoms with van der Waals surface area (Å²) in [6, 6.07) is 8.30. The van der Waals surface area contributed by atoms with Gasteiger partial charge in [-0.15, -0.1) is 0 Å². The first-order valence-electron chi connectivity index (χ1n) is 4.88. The quantitative estimate of drug-likeness (QED) is 0.805. The molecule has 2 aromatic rings. The minimum Gasteiger partial charge on any atom is -0.393 e. The molecular formula is C11H13N3S. The van der Waals surface area contributed by atoms with E-state index in [0.717, 1.165) is 11.0 Å². The van der Waals surface area contributed by atoms with Gasteiger partial charge in [-0.25, -0.2) is 4.98 Å². The fourth-order valence-electron chi connectivity index (χ4n) is 1.72. The molecule has 1 aromatic carbocycles. The smallest absolute Gasteiger partial charge is 0.0960 e. The van der Waals surface area contributed by atoms with E-state index < -0.39 is 0 Å². The summed E-state index contributed by atoms with van der Waals surface area (Å²) < 4.78 is 2.11. The lowest BCUT2D eigenvalue weighted by Gasteiger charge is -2.13. The second kappa shape index (κ2) is 3.98. The van der Waals surface area contributed by atoms with Crippen molar-refractivity contribution in [3.63, 3.8) is 0 Å². The minimum absolute atomic E-state index is 0.259. The van der Waals surface area contributed by atoms with E-state index in [4.69, 9.17) is 18.0 Å². The number of nitrogens with two attached hydrogens (primary N) is 1. The largest absolute Gasteiger partial charge is 0.393 e. The summed E-state index contributed by atoms with van der Waals surface area (Å²) in [5, 5.41) is 0. The second-order valence-corrected chi connectivity index (χ2v) is 4.18. The van der Waals surface area contributed by atoms with Crippen molar-refractivity contribution < 1.29 is 0 Å². The SMILES string of the molecule is CC(CC(N)=S)n1cnc2ccccc21. The average Bonchev–Trinajstić information content (AvgIpc) is 2.59. The highest BCUT2D eigenvalue weighted by Crippen LogP contribution is 2.19. The maximum Gasteiger partial charge on any atom is 0.0960 e. The number of rotatable bonds is 3. The van der Waals surface area contributed by atoms with Crippen LogP contribution in [0.4, 0.5) is 0 Å². The summed E-state index contributed by atoms with van der Waals surface area (Å²) in [5.41, 5.74) is 7.67. The Kier molecular flexibility index (Phi) is 2.68. The van der Waals surface area contributed by atoms with E-state index in [1.807, 2.05) is 24.5 Å². The Morgan fingerprint density at radius 1 is 1.53 bits per heavy atom. The van der Waals surface area contributed by atoms with Gasteiger partial charge in [0.25, 0.3) is 0 Å². The molecule has 2 rings (SSSR count). The predicted octanol–water partition coefficient (Wildman–Crippen LogP) is 2.27. The molecule has 0 amide bonds. The predicted molar refractivity (Wildman–Crippen MR) is 65.8 cm³/mol. The standard InChI is InChI=1S/C11H13N3S/c1-8(6-11(12)15)14-7-13-9-4-2-3-5-10(9)14/h2-5,7-8H,6H2,1H3,(H2,12,15). The highest BCUT2D eigenvalue weighted by atomic mass is 32.1. The van der Waals surface area contributed by atoms with Crippen LogP contribution >= 0.6 is 12.2 Å². The molecular weight excluding hydrogens is 206 g/mol. The van der Waals surface area contributed by atoms with Gasteiger partial charge in [-0.2, -0.15) is 0 Å². The number of para-hydroxylation sites is 2. The van der Waals surface area contributed by atoms with Crippen LogP contribution in [0.5, 0.6) is 0 Å². The third-order valence-electron chi connectivity index (χ3n) is 2.45. The van der Waals surface area contributed by atoms with Crippen molar-refractivity contribution in [3.8, 4) is 0 Å². The number of hydrogen-bond donors (Lipinski definition) is 1. The molecule has 1 unspecified atom stereocenters. The van der Waals surface area contributed by atoms with E-state index >= 15 is 0 Å². The highest BCUT2D eigenvalue weighted by molar-refractivity contribution is 7.80. The molecule has 0 aliphatic rings. The summed E-state index contributed by atoms with van der Waals surface area (Å²) in [6.07, 6.45) is 2.54. The third-order valence-corrected chi connectivity index (χ3v) is 2.62. The molecule has 0 saturated heterocycles. The number of imidazole rings is 1. The van der Waals surface area contributed by atoms with Crippen LogP contribution in [0.25, 0.3) is 11.0 Å². The van der Waals surface area contributed by atoms with Crippen molar-refractivity contribution in [2.75, 3.05) is 0 Å². The Morgan fingerprint density at radius 3 is 3.00 bits per heavy atom. The zero-order valence-corrected chi connectivity index (χ0v) is 9.37. The molecule has 1 heterocycles. The molecule has 0 fully saturated rings. The van der Waals surface area contributed by atoms with Crippen molar-refractivity contribution in [3.05, 3.63) is 30.6 Å². The van der Waals surface area contributed by atoms with Crippen LogP contribution < -0.4 is 5.73 Å². The molecule has 0 aliphatic heterocycles. The van der Waals surface area contributed by atoms with Gasteiger partial charge in [0.2, 0.25) is 0 Å². The molecule has 15 heavy (non-hydrogen) atoms. The molecule has 0 aliphatic carbocycles. The van der Waals surface area contributed by atoms with Crippen LogP contribution in [0, 0.1) is 0 Å². The summed E-state index contributed by atoms with van der Waals surface area (Å²) in [6.45, 7) is 2.09. The molecule has 4 heteroatoms. The molecule has 78 valence electrons. The Morgan fingerprint density at radius 2 is 2.27 bits per heavy atom. The van der Waals surface area contributed by atoms with Gasteiger partial charge in [-0.1, -0.05) is 24.4 Å². The van der Waals surface area contributed by atoms with E-state index in [0.29, 0.717) is 11.4 Å². The molecule has 1 aromatic heterocycles. The molecule has 1 atom stereocenters. The molecule has 2 N–H and O–H groups in total. The van der Waals surface area contributed by atoms with Gasteiger partial charge in [-0.05, 0) is 19.1 Å². The van der Waals surface area contributed by atoms with E-state index in [9.17, 15) is 0 Å². The monoisotopic (exact) mass is 219 g/mol. The van der Waals surface area contributed by atoms with Crippen LogP contribution in [0.15, 0.2) is 30.6 Å². The summed E-state index contributed by atoms with van der Waals surface area (Å²) in [5.74, 6) is 0. The van der Waals surface area contributed by atoms with E-state index in [-0.39, 0.29) is 6.04 Å². The lowest BCUT2D eigenvalue weighted by atomic mass is 10.2. The average molecular weight is 219 g/mol. The first kappa shape index (κ1) is 10.1. The number of aromatic nitrogens is 2. The Balaban J connectivity index is 2.39. The van der Waals surface area contributed by atoms with Crippen LogP contribution in [0.3, 0.4) is 0 Å². The summed E-state index contributed by atoms with van der Waals surface area (Å²) in [4.78, 5) is 4.87. The molecule has 3 nitrogen and oxygen atoms in total. The van der Waals surface area contributed by atoms with Gasteiger partial charge in [-0.3, -0.25) is 0 Å². The lowest BCUT2D eigenvalue weighted by Crippen LogP contribution is -2.15. The molecule has 0 bridgehead atoms. The summed E-state index contributed by atoms with van der Waals surface area (Å²) in [7, 11) is 0. The van der Waals surface area contributed by atoms with Gasteiger partial charge < -0.3 is 10.3 Å². The fraction of sp³-hybridized carbons (Fsp3) is 0.273. The van der Waals surface area contributed by atoms with Crippen molar-refractivity contribution in [2.45, 2.75) is 19.4 Å². The molecule has 0 radical (unpaired) electrons. The first-order chi connectivity index (χ1) is 7.18. The van der Waals surface area contributed by atoms with Crippen LogP contribution in [0.1, 0.15) is 19.4 Å². The van der Waals surface area contributed by atoms with Gasteiger partial charge in [0.1, 0.15) is 0 Å². The summed E-state index contributed by atoms with van der Waals surface area (Å²) >= 11 is 4.91. The van der Waals surface area contributed by atoms with Gasteiger partial charge in [0, 0.05) is 12.5 Å². The zero-order chi connectivity index (χ0) is 10.8. The van der Waals surface area contributed by atoms with Crippen molar-refractivity contribution in [1.82, 2.24) is 9.55 Å². The third kappa shape index (κ3) is 1.99. The Hall–Kier alpha value is -1.42. The number of fused-ring (bicyclic) bond motifs is 1. The maximum atomic E-state index is 5.54. The highest BCUT2D eigenvalue weighted by Gasteiger charge is 2.09. The number of thiocarbonyl (C=S) groups is 1. The Bertz CT molecular complexity index is 489. The van der Waals surface area contributed by atoms with Crippen molar-refractivity contribution in [1.29, 1.82) is 0 Å². The number of hydrogen-bond acceptors (Lipinski definition) is 2. The van der Waals surface area contributed by atoms with Crippen LogP contribution in [-0.4, -0.2) is 14.5 Å².